The lowest BCUT2D eigenvalue weighted by Gasteiger charge is -2.41. The van der Waals surface area contributed by atoms with Crippen molar-refractivity contribution in [3.63, 3.8) is 0 Å². The fourth-order valence-corrected chi connectivity index (χ4v) is 2.75. The maximum absolute atomic E-state index is 12.0. The molecule has 3 rings (SSSR count). The van der Waals surface area contributed by atoms with Crippen LogP contribution in [0.25, 0.3) is 0 Å². The predicted molar refractivity (Wildman–Crippen MR) is 81.4 cm³/mol. The minimum Gasteiger partial charge on any atom is -0.391 e. The van der Waals surface area contributed by atoms with Gasteiger partial charge in [0.05, 0.1) is 36.7 Å². The lowest BCUT2D eigenvalue weighted by molar-refractivity contribution is -0.129. The molecule has 8 heteroatoms. The predicted octanol–water partition coefficient (Wildman–Crippen LogP) is -0.0677. The maximum Gasteiger partial charge on any atom is 0.246 e. The zero-order valence-electron chi connectivity index (χ0n) is 13.2. The molecule has 0 unspecified atom stereocenters. The Morgan fingerprint density at radius 1 is 1.52 bits per heavy atom. The van der Waals surface area contributed by atoms with E-state index in [1.807, 2.05) is 26.2 Å². The van der Waals surface area contributed by atoms with Crippen molar-refractivity contribution >= 4 is 5.91 Å². The molecule has 1 saturated carbocycles. The summed E-state index contributed by atoms with van der Waals surface area (Å²) >= 11 is 0. The van der Waals surface area contributed by atoms with Crippen LogP contribution in [0.1, 0.15) is 23.7 Å². The number of aryl methyl sites for hydroxylation is 2. The SMILES string of the molecule is Cc1cnn([C@H]2[C@H](O)C[C@@H]2NC(=O)COCc2ccnn2C)c1. The van der Waals surface area contributed by atoms with Crippen LogP contribution in [0.15, 0.2) is 24.7 Å². The third kappa shape index (κ3) is 3.43. The summed E-state index contributed by atoms with van der Waals surface area (Å²) in [5, 5.41) is 21.1. The average Bonchev–Trinajstić information content (AvgIpc) is 3.07. The molecule has 1 amide bonds. The van der Waals surface area contributed by atoms with Gasteiger partial charge < -0.3 is 15.2 Å². The summed E-state index contributed by atoms with van der Waals surface area (Å²) in [5.74, 6) is -0.196. The van der Waals surface area contributed by atoms with Gasteiger partial charge >= 0.3 is 0 Å². The second-order valence-electron chi connectivity index (χ2n) is 5.90. The molecule has 8 nitrogen and oxygen atoms in total. The van der Waals surface area contributed by atoms with Crippen LogP contribution >= 0.6 is 0 Å². The lowest BCUT2D eigenvalue weighted by Crippen LogP contribution is -2.56. The Kier molecular flexibility index (Phi) is 4.44. The summed E-state index contributed by atoms with van der Waals surface area (Å²) in [6.45, 7) is 2.25. The van der Waals surface area contributed by atoms with Gasteiger partial charge in [0, 0.05) is 19.4 Å². The summed E-state index contributed by atoms with van der Waals surface area (Å²) in [4.78, 5) is 12.0. The van der Waals surface area contributed by atoms with E-state index in [2.05, 4.69) is 15.5 Å². The van der Waals surface area contributed by atoms with Crippen molar-refractivity contribution in [2.75, 3.05) is 6.61 Å². The molecule has 0 saturated heterocycles. The quantitative estimate of drug-likeness (QED) is 0.777. The highest BCUT2D eigenvalue weighted by atomic mass is 16.5. The molecule has 23 heavy (non-hydrogen) atoms. The molecule has 0 aromatic carbocycles. The Labute approximate surface area is 134 Å². The van der Waals surface area contributed by atoms with Crippen LogP contribution < -0.4 is 5.32 Å². The fourth-order valence-electron chi connectivity index (χ4n) is 2.75. The molecule has 0 spiro atoms. The average molecular weight is 319 g/mol. The lowest BCUT2D eigenvalue weighted by atomic mass is 9.83. The minimum absolute atomic E-state index is 0.0252. The molecule has 2 heterocycles. The van der Waals surface area contributed by atoms with Gasteiger partial charge in [-0.05, 0) is 25.0 Å². The summed E-state index contributed by atoms with van der Waals surface area (Å²) in [6.07, 6.45) is 5.32. The summed E-state index contributed by atoms with van der Waals surface area (Å²) < 4.78 is 8.82. The normalized spacial score (nSPS) is 23.5. The van der Waals surface area contributed by atoms with Crippen LogP contribution in [-0.2, 0) is 23.2 Å². The zero-order valence-corrected chi connectivity index (χ0v) is 13.2. The van der Waals surface area contributed by atoms with Crippen LogP contribution in [0.5, 0.6) is 0 Å². The van der Waals surface area contributed by atoms with Gasteiger partial charge in [-0.15, -0.1) is 0 Å². The van der Waals surface area contributed by atoms with Crippen molar-refractivity contribution in [2.24, 2.45) is 7.05 Å². The first kappa shape index (κ1) is 15.7. The molecule has 3 atom stereocenters. The smallest absolute Gasteiger partial charge is 0.246 e. The van der Waals surface area contributed by atoms with Crippen LogP contribution in [-0.4, -0.2) is 49.3 Å². The first-order valence-corrected chi connectivity index (χ1v) is 7.57. The van der Waals surface area contributed by atoms with E-state index in [0.717, 1.165) is 11.3 Å². The molecule has 1 aliphatic rings. The van der Waals surface area contributed by atoms with Crippen LogP contribution in [0.3, 0.4) is 0 Å². The number of carbonyl (C=O) groups is 1. The van der Waals surface area contributed by atoms with E-state index in [0.29, 0.717) is 13.0 Å². The number of carbonyl (C=O) groups excluding carboxylic acids is 1. The number of nitrogens with one attached hydrogen (secondary N) is 1. The highest BCUT2D eigenvalue weighted by Gasteiger charge is 2.42. The maximum atomic E-state index is 12.0. The zero-order chi connectivity index (χ0) is 16.4. The van der Waals surface area contributed by atoms with Crippen molar-refractivity contribution < 1.29 is 14.6 Å². The minimum atomic E-state index is -0.491. The number of nitrogens with zero attached hydrogens (tertiary/aromatic N) is 4. The molecule has 2 aromatic heterocycles. The molecule has 0 radical (unpaired) electrons. The molecule has 1 aliphatic carbocycles. The van der Waals surface area contributed by atoms with Gasteiger partial charge in [0.15, 0.2) is 0 Å². The summed E-state index contributed by atoms with van der Waals surface area (Å²) in [6, 6.07) is 1.50. The Morgan fingerprint density at radius 3 is 2.96 bits per heavy atom. The molecule has 2 aromatic rings. The van der Waals surface area contributed by atoms with E-state index in [9.17, 15) is 9.90 Å². The summed E-state index contributed by atoms with van der Waals surface area (Å²) in [5.41, 5.74) is 1.93. The van der Waals surface area contributed by atoms with Gasteiger partial charge in [0.1, 0.15) is 6.61 Å². The highest BCUT2D eigenvalue weighted by Crippen LogP contribution is 2.32. The molecule has 1 fully saturated rings. The first-order valence-electron chi connectivity index (χ1n) is 7.57. The van der Waals surface area contributed by atoms with E-state index < -0.39 is 6.10 Å². The molecular formula is C15H21N5O3. The molecule has 0 bridgehead atoms. The number of hydrogen-bond acceptors (Lipinski definition) is 5. The number of aliphatic hydroxyl groups excluding tert-OH is 1. The van der Waals surface area contributed by atoms with E-state index in [1.54, 1.807) is 21.8 Å². The van der Waals surface area contributed by atoms with Crippen molar-refractivity contribution in [3.8, 4) is 0 Å². The van der Waals surface area contributed by atoms with Gasteiger partial charge in [-0.1, -0.05) is 0 Å². The van der Waals surface area contributed by atoms with E-state index in [4.69, 9.17) is 4.74 Å². The third-order valence-electron chi connectivity index (χ3n) is 4.09. The highest BCUT2D eigenvalue weighted by molar-refractivity contribution is 5.77. The number of aliphatic hydroxyl groups is 1. The van der Waals surface area contributed by atoms with Crippen molar-refractivity contribution in [1.29, 1.82) is 0 Å². The Morgan fingerprint density at radius 2 is 2.35 bits per heavy atom. The van der Waals surface area contributed by atoms with Gasteiger partial charge in [-0.2, -0.15) is 10.2 Å². The molecule has 2 N–H and O–H groups in total. The monoisotopic (exact) mass is 319 g/mol. The van der Waals surface area contributed by atoms with E-state index in [-0.39, 0.29) is 24.6 Å². The van der Waals surface area contributed by atoms with Crippen LogP contribution in [0, 0.1) is 6.92 Å². The molecule has 124 valence electrons. The Hall–Kier alpha value is -2.19. The standard InChI is InChI=1S/C15H21N5O3/c1-10-6-17-20(7-10)15-12(5-13(15)21)18-14(22)9-23-8-11-3-4-16-19(11)2/h3-4,6-7,12-13,15,21H,5,8-9H2,1-2H3,(H,18,22)/t12-,13+,15+/m0/s1. The van der Waals surface area contributed by atoms with Gasteiger partial charge in [0.25, 0.3) is 0 Å². The third-order valence-corrected chi connectivity index (χ3v) is 4.09. The van der Waals surface area contributed by atoms with Crippen molar-refractivity contribution in [2.45, 2.75) is 38.1 Å². The van der Waals surface area contributed by atoms with Gasteiger partial charge in [-0.3, -0.25) is 14.2 Å². The van der Waals surface area contributed by atoms with Crippen LogP contribution in [0.2, 0.25) is 0 Å². The van der Waals surface area contributed by atoms with E-state index in [1.165, 1.54) is 0 Å². The molecular weight excluding hydrogens is 298 g/mol. The summed E-state index contributed by atoms with van der Waals surface area (Å²) in [7, 11) is 1.82. The Bertz CT molecular complexity index is 680. The number of aromatic nitrogens is 4. The number of amides is 1. The van der Waals surface area contributed by atoms with Crippen molar-refractivity contribution in [3.05, 3.63) is 35.9 Å². The first-order chi connectivity index (χ1) is 11.0. The van der Waals surface area contributed by atoms with E-state index >= 15 is 0 Å². The number of rotatable bonds is 6. The second kappa shape index (κ2) is 6.51. The second-order valence-corrected chi connectivity index (χ2v) is 5.90. The van der Waals surface area contributed by atoms with Gasteiger partial charge in [-0.25, -0.2) is 0 Å². The van der Waals surface area contributed by atoms with Gasteiger partial charge in [0.2, 0.25) is 5.91 Å². The number of ether oxygens (including phenoxy) is 1. The van der Waals surface area contributed by atoms with Crippen LogP contribution in [0.4, 0.5) is 0 Å². The molecule has 0 aliphatic heterocycles. The Balaban J connectivity index is 1.47. The topological polar surface area (TPSA) is 94.2 Å². The largest absolute Gasteiger partial charge is 0.391 e. The number of hydrogen-bond donors (Lipinski definition) is 2. The fraction of sp³-hybridized carbons (Fsp3) is 0.533. The van der Waals surface area contributed by atoms with Crippen molar-refractivity contribution in [1.82, 2.24) is 24.9 Å².